The zero-order valence-corrected chi connectivity index (χ0v) is 10.0. The zero-order valence-electron chi connectivity index (χ0n) is 10.0. The van der Waals surface area contributed by atoms with E-state index in [1.165, 1.54) is 12.8 Å². The Morgan fingerprint density at radius 3 is 2.50 bits per heavy atom. The van der Waals surface area contributed by atoms with Crippen LogP contribution in [0.5, 0.6) is 0 Å². The van der Waals surface area contributed by atoms with Gasteiger partial charge in [0.05, 0.1) is 6.73 Å². The largest absolute Gasteiger partial charge is 0.381 e. The lowest BCUT2D eigenvalue weighted by molar-refractivity contribution is 0.253. The summed E-state index contributed by atoms with van der Waals surface area (Å²) in [4.78, 5) is 0. The van der Waals surface area contributed by atoms with Gasteiger partial charge in [0.25, 0.3) is 0 Å². The van der Waals surface area contributed by atoms with Crippen molar-refractivity contribution in [2.45, 2.75) is 53.0 Å². The Kier molecular flexibility index (Phi) is 6.85. The molecule has 0 spiro atoms. The highest BCUT2D eigenvalue weighted by molar-refractivity contribution is 4.90. The van der Waals surface area contributed by atoms with Gasteiger partial charge in [-0.05, 0) is 31.6 Å². The van der Waals surface area contributed by atoms with E-state index in [4.69, 9.17) is 5.11 Å². The first-order valence-electron chi connectivity index (χ1n) is 5.46. The third-order valence-electron chi connectivity index (χ3n) is 2.14. The molecule has 0 aliphatic heterocycles. The quantitative estimate of drug-likeness (QED) is 0.391. The van der Waals surface area contributed by atoms with Gasteiger partial charge in [0, 0.05) is 6.04 Å². The summed E-state index contributed by atoms with van der Waals surface area (Å²) >= 11 is 0. The van der Waals surface area contributed by atoms with E-state index in [0.717, 1.165) is 6.42 Å². The van der Waals surface area contributed by atoms with Gasteiger partial charge in [-0.3, -0.25) is 5.32 Å². The molecule has 0 saturated heterocycles. The minimum Gasteiger partial charge on any atom is -0.381 e. The van der Waals surface area contributed by atoms with Crippen LogP contribution in [0.1, 0.15) is 47.0 Å². The summed E-state index contributed by atoms with van der Waals surface area (Å²) < 4.78 is 0. The van der Waals surface area contributed by atoms with Crippen LogP contribution in [0.15, 0.2) is 12.2 Å². The third kappa shape index (κ3) is 9.75. The average Bonchev–Trinajstić information content (AvgIpc) is 2.02. The van der Waals surface area contributed by atoms with Gasteiger partial charge < -0.3 is 5.11 Å². The van der Waals surface area contributed by atoms with Crippen LogP contribution < -0.4 is 5.32 Å². The smallest absolute Gasteiger partial charge is 0.0935 e. The van der Waals surface area contributed by atoms with Crippen LogP contribution in [0, 0.1) is 5.41 Å². The van der Waals surface area contributed by atoms with Crippen molar-refractivity contribution in [1.82, 2.24) is 5.32 Å². The van der Waals surface area contributed by atoms with Crippen molar-refractivity contribution in [2.75, 3.05) is 6.73 Å². The molecular formula is C12H25NO. The minimum atomic E-state index is 0.0491. The number of hydrogen-bond donors (Lipinski definition) is 2. The van der Waals surface area contributed by atoms with Crippen molar-refractivity contribution in [3.05, 3.63) is 12.2 Å². The van der Waals surface area contributed by atoms with Gasteiger partial charge >= 0.3 is 0 Å². The van der Waals surface area contributed by atoms with Crippen LogP contribution in [0.25, 0.3) is 0 Å². The molecule has 0 saturated carbocycles. The van der Waals surface area contributed by atoms with E-state index in [1.807, 2.05) is 6.92 Å². The van der Waals surface area contributed by atoms with Crippen LogP contribution in [0.2, 0.25) is 0 Å². The topological polar surface area (TPSA) is 32.3 Å². The van der Waals surface area contributed by atoms with Crippen LogP contribution in [-0.2, 0) is 0 Å². The van der Waals surface area contributed by atoms with Crippen LogP contribution in [0.4, 0.5) is 0 Å². The molecule has 14 heavy (non-hydrogen) atoms. The highest BCUT2D eigenvalue weighted by atomic mass is 16.3. The van der Waals surface area contributed by atoms with Crippen molar-refractivity contribution in [1.29, 1.82) is 0 Å². The molecular weight excluding hydrogens is 174 g/mol. The Bertz CT molecular complexity index is 158. The molecule has 0 bridgehead atoms. The number of unbranched alkanes of at least 4 members (excludes halogenated alkanes) is 1. The van der Waals surface area contributed by atoms with Gasteiger partial charge in [0.2, 0.25) is 0 Å². The summed E-state index contributed by atoms with van der Waals surface area (Å²) in [5.41, 5.74) is 0.447. The standard InChI is InChI=1S/C12H25NO/c1-11(13-10-14)8-6-5-7-9-12(2,3)4/h6,8,11,13-14H,5,7,9-10H2,1-4H3/b8-6+/t11-/m0/s1. The average molecular weight is 199 g/mol. The summed E-state index contributed by atoms with van der Waals surface area (Å²) in [5, 5.41) is 11.5. The third-order valence-corrected chi connectivity index (χ3v) is 2.14. The maximum Gasteiger partial charge on any atom is 0.0935 e. The van der Waals surface area contributed by atoms with Gasteiger partial charge in [-0.2, -0.15) is 0 Å². The monoisotopic (exact) mass is 199 g/mol. The van der Waals surface area contributed by atoms with E-state index in [2.05, 4.69) is 38.2 Å². The number of allylic oxidation sites excluding steroid dienone is 1. The number of aliphatic hydroxyl groups excluding tert-OH is 1. The van der Waals surface area contributed by atoms with Gasteiger partial charge in [0.1, 0.15) is 0 Å². The van der Waals surface area contributed by atoms with E-state index >= 15 is 0 Å². The molecule has 0 unspecified atom stereocenters. The number of aliphatic hydroxyl groups is 1. The predicted octanol–water partition coefficient (Wildman–Crippen LogP) is 2.69. The number of hydrogen-bond acceptors (Lipinski definition) is 2. The lowest BCUT2D eigenvalue weighted by atomic mass is 9.90. The molecule has 2 heteroatoms. The molecule has 1 atom stereocenters. The fourth-order valence-electron chi connectivity index (χ4n) is 1.26. The molecule has 0 aromatic heterocycles. The normalized spacial score (nSPS) is 14.9. The van der Waals surface area contributed by atoms with Crippen LogP contribution >= 0.6 is 0 Å². The Morgan fingerprint density at radius 2 is 2.00 bits per heavy atom. The lowest BCUT2D eigenvalue weighted by Gasteiger charge is -2.16. The summed E-state index contributed by atoms with van der Waals surface area (Å²) in [6.07, 6.45) is 7.94. The molecule has 0 aliphatic carbocycles. The first-order valence-corrected chi connectivity index (χ1v) is 5.46. The Labute approximate surface area is 88.4 Å². The van der Waals surface area contributed by atoms with E-state index in [1.54, 1.807) is 0 Å². The van der Waals surface area contributed by atoms with Crippen molar-refractivity contribution in [3.8, 4) is 0 Å². The van der Waals surface area contributed by atoms with Gasteiger partial charge in [-0.15, -0.1) is 0 Å². The molecule has 0 rings (SSSR count). The first kappa shape index (κ1) is 13.7. The second kappa shape index (κ2) is 7.02. The summed E-state index contributed by atoms with van der Waals surface area (Å²) in [6.45, 7) is 8.90. The highest BCUT2D eigenvalue weighted by Gasteiger charge is 2.07. The molecule has 2 nitrogen and oxygen atoms in total. The zero-order chi connectivity index (χ0) is 11.0. The Balaban J connectivity index is 3.44. The molecule has 0 radical (unpaired) electrons. The van der Waals surface area contributed by atoms with Crippen LogP contribution in [0.3, 0.4) is 0 Å². The molecule has 0 aliphatic rings. The van der Waals surface area contributed by atoms with Gasteiger partial charge in [-0.25, -0.2) is 0 Å². The van der Waals surface area contributed by atoms with E-state index in [0.29, 0.717) is 5.41 Å². The lowest BCUT2D eigenvalue weighted by Crippen LogP contribution is -2.24. The maximum absolute atomic E-state index is 8.60. The molecule has 0 amide bonds. The number of nitrogens with one attached hydrogen (secondary N) is 1. The van der Waals surface area contributed by atoms with E-state index in [9.17, 15) is 0 Å². The summed E-state index contributed by atoms with van der Waals surface area (Å²) in [5.74, 6) is 0. The maximum atomic E-state index is 8.60. The second-order valence-electron chi connectivity index (χ2n) is 5.03. The van der Waals surface area contributed by atoms with Crippen LogP contribution in [-0.4, -0.2) is 17.9 Å². The van der Waals surface area contributed by atoms with E-state index < -0.39 is 0 Å². The first-order chi connectivity index (χ1) is 6.45. The molecule has 0 heterocycles. The molecule has 0 aromatic rings. The minimum absolute atomic E-state index is 0.0491. The van der Waals surface area contributed by atoms with Crippen molar-refractivity contribution in [2.24, 2.45) is 5.41 Å². The van der Waals surface area contributed by atoms with Gasteiger partial charge in [-0.1, -0.05) is 32.9 Å². The number of rotatable bonds is 6. The molecule has 2 N–H and O–H groups in total. The SMILES string of the molecule is C[C@@H](/C=C/CCCC(C)(C)C)NCO. The second-order valence-corrected chi connectivity index (χ2v) is 5.03. The van der Waals surface area contributed by atoms with Gasteiger partial charge in [0.15, 0.2) is 0 Å². The molecule has 0 aromatic carbocycles. The molecule has 0 fully saturated rings. The van der Waals surface area contributed by atoms with Crippen molar-refractivity contribution < 1.29 is 5.11 Å². The predicted molar refractivity (Wildman–Crippen MR) is 62.1 cm³/mol. The van der Waals surface area contributed by atoms with Crippen molar-refractivity contribution >= 4 is 0 Å². The Morgan fingerprint density at radius 1 is 1.36 bits per heavy atom. The summed E-state index contributed by atoms with van der Waals surface area (Å²) in [6, 6.07) is 0.273. The van der Waals surface area contributed by atoms with E-state index in [-0.39, 0.29) is 12.8 Å². The highest BCUT2D eigenvalue weighted by Crippen LogP contribution is 2.21. The fraction of sp³-hybridized carbons (Fsp3) is 0.833. The summed E-state index contributed by atoms with van der Waals surface area (Å²) in [7, 11) is 0. The Hall–Kier alpha value is -0.340. The fourth-order valence-corrected chi connectivity index (χ4v) is 1.26. The molecule has 84 valence electrons. The van der Waals surface area contributed by atoms with Crippen molar-refractivity contribution in [3.63, 3.8) is 0 Å².